The Kier molecular flexibility index (Phi) is 5.25. The summed E-state index contributed by atoms with van der Waals surface area (Å²) >= 11 is 0. The normalized spacial score (nSPS) is 30.7. The van der Waals surface area contributed by atoms with Gasteiger partial charge in [0, 0.05) is 31.8 Å². The number of aliphatic hydroxyl groups is 1. The van der Waals surface area contributed by atoms with E-state index >= 15 is 0 Å². The Balaban J connectivity index is 1.72. The van der Waals surface area contributed by atoms with Gasteiger partial charge in [0.15, 0.2) is 0 Å². The Bertz CT molecular complexity index is 570. The summed E-state index contributed by atoms with van der Waals surface area (Å²) in [5, 5.41) is 15.2. The molecule has 1 aromatic rings. The molecule has 1 amide bonds. The third-order valence-corrected chi connectivity index (χ3v) is 5.66. The van der Waals surface area contributed by atoms with E-state index < -0.39 is 5.60 Å². The van der Waals surface area contributed by atoms with E-state index in [1.807, 2.05) is 18.0 Å². The predicted molar refractivity (Wildman–Crippen MR) is 90.7 cm³/mol. The second-order valence-electron chi connectivity index (χ2n) is 7.37. The molecule has 0 aromatic carbocycles. The molecule has 1 saturated carbocycles. The first-order valence-electron chi connectivity index (χ1n) is 9.08. The molecule has 1 aliphatic carbocycles. The third-order valence-electron chi connectivity index (χ3n) is 5.66. The number of methoxy groups -OCH3 is 1. The fourth-order valence-corrected chi connectivity index (χ4v) is 4.35. The first-order chi connectivity index (χ1) is 11.5. The minimum atomic E-state index is -0.663. The van der Waals surface area contributed by atoms with Gasteiger partial charge < -0.3 is 14.7 Å². The largest absolute Gasteiger partial charge is 0.390 e. The second-order valence-corrected chi connectivity index (χ2v) is 7.37. The molecule has 24 heavy (non-hydrogen) atoms. The van der Waals surface area contributed by atoms with Gasteiger partial charge in [-0.1, -0.05) is 12.8 Å². The van der Waals surface area contributed by atoms with Crippen molar-refractivity contribution in [2.45, 2.75) is 63.6 Å². The summed E-state index contributed by atoms with van der Waals surface area (Å²) in [6.07, 6.45) is 7.88. The van der Waals surface area contributed by atoms with E-state index in [2.05, 4.69) is 5.10 Å². The van der Waals surface area contributed by atoms with Crippen LogP contribution in [-0.4, -0.2) is 57.6 Å². The fraction of sp³-hybridized carbons (Fsp3) is 0.778. The summed E-state index contributed by atoms with van der Waals surface area (Å²) in [7, 11) is 1.65. The number of hydrogen-bond donors (Lipinski definition) is 1. The van der Waals surface area contributed by atoms with Crippen LogP contribution in [0.5, 0.6) is 0 Å². The SMILES string of the molecule is COCCn1ccc(C(=O)N2CCC[C@@H]2[C@H]2CCCC[C@]2(C)O)n1. The molecule has 1 N–H and O–H groups in total. The molecule has 2 fully saturated rings. The maximum absolute atomic E-state index is 12.9. The molecule has 2 aliphatic rings. The smallest absolute Gasteiger partial charge is 0.274 e. The van der Waals surface area contributed by atoms with Gasteiger partial charge in [-0.2, -0.15) is 5.10 Å². The van der Waals surface area contributed by atoms with Gasteiger partial charge in [-0.15, -0.1) is 0 Å². The Hall–Kier alpha value is -1.40. The van der Waals surface area contributed by atoms with Crippen LogP contribution in [0.4, 0.5) is 0 Å². The van der Waals surface area contributed by atoms with Gasteiger partial charge in [0.2, 0.25) is 0 Å². The van der Waals surface area contributed by atoms with Crippen LogP contribution in [0.2, 0.25) is 0 Å². The second kappa shape index (κ2) is 7.23. The highest BCUT2D eigenvalue weighted by molar-refractivity contribution is 5.92. The van der Waals surface area contributed by atoms with Gasteiger partial charge in [0.05, 0.1) is 18.8 Å². The number of aromatic nitrogens is 2. The van der Waals surface area contributed by atoms with E-state index in [-0.39, 0.29) is 17.9 Å². The molecule has 0 radical (unpaired) electrons. The summed E-state index contributed by atoms with van der Waals surface area (Å²) in [6.45, 7) is 3.93. The molecular weight excluding hydrogens is 306 g/mol. The van der Waals surface area contributed by atoms with Crippen LogP contribution in [0.25, 0.3) is 0 Å². The lowest BCUT2D eigenvalue weighted by atomic mass is 9.72. The predicted octanol–water partition coefficient (Wildman–Crippen LogP) is 2.08. The number of amides is 1. The topological polar surface area (TPSA) is 67.6 Å². The molecule has 1 saturated heterocycles. The third kappa shape index (κ3) is 3.49. The lowest BCUT2D eigenvalue weighted by Crippen LogP contribution is -2.50. The van der Waals surface area contributed by atoms with Gasteiger partial charge >= 0.3 is 0 Å². The van der Waals surface area contributed by atoms with Crippen LogP contribution in [0, 0.1) is 5.92 Å². The van der Waals surface area contributed by atoms with Crippen molar-refractivity contribution in [3.05, 3.63) is 18.0 Å². The highest BCUT2D eigenvalue weighted by atomic mass is 16.5. The zero-order valence-corrected chi connectivity index (χ0v) is 14.8. The van der Waals surface area contributed by atoms with Crippen molar-refractivity contribution in [1.82, 2.24) is 14.7 Å². The van der Waals surface area contributed by atoms with Crippen LogP contribution in [-0.2, 0) is 11.3 Å². The van der Waals surface area contributed by atoms with E-state index in [9.17, 15) is 9.90 Å². The van der Waals surface area contributed by atoms with E-state index in [0.717, 1.165) is 45.1 Å². The van der Waals surface area contributed by atoms with Crippen molar-refractivity contribution < 1.29 is 14.6 Å². The Morgan fingerprint density at radius 1 is 1.42 bits per heavy atom. The first kappa shape index (κ1) is 17.4. The number of likely N-dealkylation sites (tertiary alicyclic amines) is 1. The quantitative estimate of drug-likeness (QED) is 0.894. The average Bonchev–Trinajstić information content (AvgIpc) is 3.21. The number of nitrogens with zero attached hydrogens (tertiary/aromatic N) is 3. The number of carbonyl (C=O) groups excluding carboxylic acids is 1. The molecule has 6 heteroatoms. The Labute approximate surface area is 143 Å². The van der Waals surface area contributed by atoms with Crippen LogP contribution >= 0.6 is 0 Å². The number of hydrogen-bond acceptors (Lipinski definition) is 4. The van der Waals surface area contributed by atoms with Gasteiger partial charge in [0.1, 0.15) is 5.69 Å². The summed E-state index contributed by atoms with van der Waals surface area (Å²) in [6, 6.07) is 1.92. The monoisotopic (exact) mass is 335 g/mol. The van der Waals surface area contributed by atoms with Gasteiger partial charge in [-0.25, -0.2) is 0 Å². The number of ether oxygens (including phenoxy) is 1. The van der Waals surface area contributed by atoms with Gasteiger partial charge in [-0.05, 0) is 38.7 Å². The minimum Gasteiger partial charge on any atom is -0.390 e. The van der Waals surface area contributed by atoms with Crippen LogP contribution in [0.15, 0.2) is 12.3 Å². The zero-order valence-electron chi connectivity index (χ0n) is 14.8. The van der Waals surface area contributed by atoms with Crippen LogP contribution < -0.4 is 0 Å². The lowest BCUT2D eigenvalue weighted by molar-refractivity contribution is -0.0578. The maximum atomic E-state index is 12.9. The summed E-state index contributed by atoms with van der Waals surface area (Å²) < 4.78 is 6.80. The molecule has 3 rings (SSSR count). The molecular formula is C18H29N3O3. The summed E-state index contributed by atoms with van der Waals surface area (Å²) in [5.41, 5.74) is -0.169. The number of carbonyl (C=O) groups is 1. The fourth-order valence-electron chi connectivity index (χ4n) is 4.35. The van der Waals surface area contributed by atoms with Crippen molar-refractivity contribution in [3.63, 3.8) is 0 Å². The molecule has 2 heterocycles. The van der Waals surface area contributed by atoms with Crippen molar-refractivity contribution >= 4 is 5.91 Å². The van der Waals surface area contributed by atoms with Gasteiger partial charge in [0.25, 0.3) is 5.91 Å². The van der Waals surface area contributed by atoms with E-state index in [4.69, 9.17) is 4.74 Å². The van der Waals surface area contributed by atoms with Gasteiger partial charge in [-0.3, -0.25) is 9.48 Å². The molecule has 1 aliphatic heterocycles. The summed E-state index contributed by atoms with van der Waals surface area (Å²) in [4.78, 5) is 14.9. The molecule has 3 atom stereocenters. The molecule has 1 aromatic heterocycles. The number of rotatable bonds is 5. The van der Waals surface area contributed by atoms with E-state index in [1.54, 1.807) is 17.9 Å². The molecule has 0 unspecified atom stereocenters. The Morgan fingerprint density at radius 2 is 2.25 bits per heavy atom. The minimum absolute atomic E-state index is 0.00459. The van der Waals surface area contributed by atoms with E-state index in [0.29, 0.717) is 18.8 Å². The highest BCUT2D eigenvalue weighted by Crippen LogP contribution is 2.40. The van der Waals surface area contributed by atoms with Crippen LogP contribution in [0.1, 0.15) is 55.9 Å². The molecule has 134 valence electrons. The highest BCUT2D eigenvalue weighted by Gasteiger charge is 2.45. The van der Waals surface area contributed by atoms with Crippen molar-refractivity contribution in [3.8, 4) is 0 Å². The van der Waals surface area contributed by atoms with Crippen LogP contribution in [0.3, 0.4) is 0 Å². The van der Waals surface area contributed by atoms with E-state index in [1.165, 1.54) is 0 Å². The van der Waals surface area contributed by atoms with Crippen molar-refractivity contribution in [1.29, 1.82) is 0 Å². The van der Waals surface area contributed by atoms with Crippen molar-refractivity contribution in [2.24, 2.45) is 5.92 Å². The Morgan fingerprint density at radius 3 is 3.00 bits per heavy atom. The van der Waals surface area contributed by atoms with Crippen molar-refractivity contribution in [2.75, 3.05) is 20.3 Å². The zero-order chi connectivity index (χ0) is 17.2. The maximum Gasteiger partial charge on any atom is 0.274 e. The molecule has 0 spiro atoms. The average molecular weight is 335 g/mol. The molecule has 6 nitrogen and oxygen atoms in total. The lowest BCUT2D eigenvalue weighted by Gasteiger charge is -2.43. The summed E-state index contributed by atoms with van der Waals surface area (Å²) in [5.74, 6) is 0.170. The standard InChI is InChI=1S/C18H29N3O3/c1-18(23)9-4-3-6-14(18)16-7-5-10-21(16)17(22)15-8-11-20(19-15)12-13-24-2/h8,11,14,16,23H,3-7,9-10,12-13H2,1-2H3/t14-,16-,18+/m1/s1. The first-order valence-corrected chi connectivity index (χ1v) is 9.08. The molecule has 0 bridgehead atoms.